The molecule has 0 spiro atoms. The van der Waals surface area contributed by atoms with Crippen molar-refractivity contribution in [1.29, 1.82) is 0 Å². The van der Waals surface area contributed by atoms with Crippen molar-refractivity contribution < 1.29 is 0 Å². The van der Waals surface area contributed by atoms with Gasteiger partial charge in [0.1, 0.15) is 12.7 Å². The van der Waals surface area contributed by atoms with Crippen molar-refractivity contribution >= 4 is 6.21 Å². The average molecular weight is 271 g/mol. The fourth-order valence-corrected chi connectivity index (χ4v) is 3.22. The zero-order valence-electron chi connectivity index (χ0n) is 12.2. The predicted octanol–water partition coefficient (Wildman–Crippen LogP) is 3.08. The van der Waals surface area contributed by atoms with Gasteiger partial charge in [0.05, 0.1) is 6.21 Å². The second kappa shape index (κ2) is 5.61. The molecule has 0 atom stereocenters. The van der Waals surface area contributed by atoms with Crippen molar-refractivity contribution in [1.82, 2.24) is 19.4 Å². The summed E-state index contributed by atoms with van der Waals surface area (Å²) >= 11 is 0. The molecule has 0 saturated heterocycles. The molecule has 0 radical (unpaired) electrons. The smallest absolute Gasteiger partial charge is 0.141 e. The summed E-state index contributed by atoms with van der Waals surface area (Å²) in [6, 6.07) is 2.89. The average Bonchev–Trinajstić information content (AvgIpc) is 3.06. The van der Waals surface area contributed by atoms with Crippen LogP contribution < -0.4 is 0 Å². The van der Waals surface area contributed by atoms with Crippen molar-refractivity contribution in [2.24, 2.45) is 5.10 Å². The number of nitrogens with zero attached hydrogens (tertiary/aromatic N) is 5. The first-order valence-electron chi connectivity index (χ1n) is 7.33. The van der Waals surface area contributed by atoms with Gasteiger partial charge < -0.3 is 4.57 Å². The Hall–Kier alpha value is -1.91. The number of rotatable bonds is 3. The fraction of sp³-hybridized carbons (Fsp3) is 0.533. The van der Waals surface area contributed by atoms with E-state index in [1.807, 2.05) is 6.21 Å². The van der Waals surface area contributed by atoms with Gasteiger partial charge in [-0.1, -0.05) is 19.3 Å². The number of hydrogen-bond donors (Lipinski definition) is 0. The zero-order valence-corrected chi connectivity index (χ0v) is 12.2. The van der Waals surface area contributed by atoms with Gasteiger partial charge in [-0.3, -0.25) is 0 Å². The molecule has 0 aromatic carbocycles. The molecule has 106 valence electrons. The first-order valence-corrected chi connectivity index (χ1v) is 7.33. The second-order valence-corrected chi connectivity index (χ2v) is 5.57. The Kier molecular flexibility index (Phi) is 3.67. The van der Waals surface area contributed by atoms with E-state index < -0.39 is 0 Å². The third kappa shape index (κ3) is 2.53. The lowest BCUT2D eigenvalue weighted by Crippen LogP contribution is -2.15. The SMILES string of the molecule is Cc1cc(/C=N\n2cnnc2)c(C)n1C1CCCCC1. The van der Waals surface area contributed by atoms with Gasteiger partial charge in [-0.2, -0.15) is 5.10 Å². The molecule has 20 heavy (non-hydrogen) atoms. The van der Waals surface area contributed by atoms with E-state index in [1.165, 1.54) is 49.1 Å². The number of hydrogen-bond acceptors (Lipinski definition) is 3. The highest BCUT2D eigenvalue weighted by Crippen LogP contribution is 2.31. The van der Waals surface area contributed by atoms with Crippen LogP contribution in [0.2, 0.25) is 0 Å². The molecule has 5 nitrogen and oxygen atoms in total. The molecule has 0 unspecified atom stereocenters. The largest absolute Gasteiger partial charge is 0.345 e. The van der Waals surface area contributed by atoms with E-state index in [4.69, 9.17) is 0 Å². The van der Waals surface area contributed by atoms with Crippen molar-refractivity contribution in [3.8, 4) is 0 Å². The van der Waals surface area contributed by atoms with E-state index in [0.717, 1.165) is 0 Å². The Morgan fingerprint density at radius 1 is 1.15 bits per heavy atom. The molecule has 1 saturated carbocycles. The molecular formula is C15H21N5. The lowest BCUT2D eigenvalue weighted by atomic mass is 9.95. The van der Waals surface area contributed by atoms with Crippen LogP contribution in [-0.2, 0) is 0 Å². The zero-order chi connectivity index (χ0) is 13.9. The topological polar surface area (TPSA) is 48.0 Å². The minimum atomic E-state index is 0.667. The highest BCUT2D eigenvalue weighted by atomic mass is 15.4. The number of aromatic nitrogens is 4. The summed E-state index contributed by atoms with van der Waals surface area (Å²) in [5.41, 5.74) is 3.83. The van der Waals surface area contributed by atoms with Crippen LogP contribution in [0.15, 0.2) is 23.8 Å². The van der Waals surface area contributed by atoms with Crippen molar-refractivity contribution in [3.63, 3.8) is 0 Å². The van der Waals surface area contributed by atoms with Gasteiger partial charge in [-0.25, -0.2) is 4.68 Å². The lowest BCUT2D eigenvalue weighted by molar-refractivity contribution is 0.346. The molecule has 5 heteroatoms. The summed E-state index contributed by atoms with van der Waals surface area (Å²) in [5.74, 6) is 0. The second-order valence-electron chi connectivity index (χ2n) is 5.57. The summed E-state index contributed by atoms with van der Waals surface area (Å²) in [5, 5.41) is 11.8. The molecule has 2 heterocycles. The molecule has 3 rings (SSSR count). The quantitative estimate of drug-likeness (QED) is 0.805. The van der Waals surface area contributed by atoms with E-state index >= 15 is 0 Å². The maximum absolute atomic E-state index is 4.35. The third-order valence-corrected chi connectivity index (χ3v) is 4.20. The van der Waals surface area contributed by atoms with E-state index in [9.17, 15) is 0 Å². The third-order valence-electron chi connectivity index (χ3n) is 4.20. The molecule has 0 aliphatic heterocycles. The van der Waals surface area contributed by atoms with Crippen LogP contribution in [0.25, 0.3) is 0 Å². The van der Waals surface area contributed by atoms with Gasteiger partial charge in [0.15, 0.2) is 0 Å². The summed E-state index contributed by atoms with van der Waals surface area (Å²) in [4.78, 5) is 0. The van der Waals surface area contributed by atoms with Crippen molar-refractivity contribution in [3.05, 3.63) is 35.7 Å². The van der Waals surface area contributed by atoms with Crippen LogP contribution in [0.4, 0.5) is 0 Å². The molecule has 1 aliphatic rings. The van der Waals surface area contributed by atoms with Gasteiger partial charge in [-0.05, 0) is 32.8 Å². The van der Waals surface area contributed by atoms with Crippen molar-refractivity contribution in [2.75, 3.05) is 0 Å². The Bertz CT molecular complexity index is 588. The molecule has 1 aliphatic carbocycles. The summed E-state index contributed by atoms with van der Waals surface area (Å²) in [6.07, 6.45) is 11.8. The summed E-state index contributed by atoms with van der Waals surface area (Å²) in [6.45, 7) is 4.38. The van der Waals surface area contributed by atoms with Crippen LogP contribution in [0, 0.1) is 13.8 Å². The highest BCUT2D eigenvalue weighted by Gasteiger charge is 2.19. The van der Waals surface area contributed by atoms with Crippen LogP contribution in [-0.4, -0.2) is 25.7 Å². The van der Waals surface area contributed by atoms with Crippen LogP contribution >= 0.6 is 0 Å². The Morgan fingerprint density at radius 3 is 2.55 bits per heavy atom. The highest BCUT2D eigenvalue weighted by molar-refractivity contribution is 5.81. The normalized spacial score (nSPS) is 17.1. The van der Waals surface area contributed by atoms with E-state index in [1.54, 1.807) is 17.3 Å². The number of aryl methyl sites for hydroxylation is 1. The summed E-state index contributed by atoms with van der Waals surface area (Å²) in [7, 11) is 0. The molecule has 2 aromatic heterocycles. The minimum Gasteiger partial charge on any atom is -0.345 e. The van der Waals surface area contributed by atoms with Crippen LogP contribution in [0.5, 0.6) is 0 Å². The van der Waals surface area contributed by atoms with Gasteiger partial charge in [0.25, 0.3) is 0 Å². The first-order chi connectivity index (χ1) is 9.75. The lowest BCUT2D eigenvalue weighted by Gasteiger charge is -2.26. The van der Waals surface area contributed by atoms with Gasteiger partial charge in [-0.15, -0.1) is 10.2 Å². The maximum atomic E-state index is 4.35. The Labute approximate surface area is 119 Å². The molecule has 0 bridgehead atoms. The van der Waals surface area contributed by atoms with Gasteiger partial charge in [0, 0.05) is 23.0 Å². The Balaban J connectivity index is 1.86. The fourth-order valence-electron chi connectivity index (χ4n) is 3.22. The van der Waals surface area contributed by atoms with Gasteiger partial charge in [0.2, 0.25) is 0 Å². The monoisotopic (exact) mass is 271 g/mol. The standard InChI is InChI=1S/C15H21N5/c1-12-8-14(9-18-19-10-16-17-11-19)13(2)20(12)15-6-4-3-5-7-15/h8-11,15H,3-7H2,1-2H3/b18-9-. The minimum absolute atomic E-state index is 0.667. The van der Waals surface area contributed by atoms with Crippen molar-refractivity contribution in [2.45, 2.75) is 52.0 Å². The van der Waals surface area contributed by atoms with Crippen LogP contribution in [0.3, 0.4) is 0 Å². The van der Waals surface area contributed by atoms with E-state index in [-0.39, 0.29) is 0 Å². The maximum Gasteiger partial charge on any atom is 0.141 e. The predicted molar refractivity (Wildman–Crippen MR) is 79.0 cm³/mol. The molecule has 1 fully saturated rings. The first kappa shape index (κ1) is 13.1. The molecular weight excluding hydrogens is 250 g/mol. The Morgan fingerprint density at radius 2 is 1.85 bits per heavy atom. The molecule has 2 aromatic rings. The summed E-state index contributed by atoms with van der Waals surface area (Å²) < 4.78 is 4.11. The molecule has 0 N–H and O–H groups in total. The van der Waals surface area contributed by atoms with E-state index in [2.05, 4.69) is 39.8 Å². The van der Waals surface area contributed by atoms with E-state index in [0.29, 0.717) is 6.04 Å². The van der Waals surface area contributed by atoms with Gasteiger partial charge >= 0.3 is 0 Å². The van der Waals surface area contributed by atoms with Crippen LogP contribution in [0.1, 0.15) is 55.1 Å². The molecule has 0 amide bonds.